The monoisotopic (exact) mass is 243 g/mol. The molecule has 1 N–H and O–H groups in total. The molecule has 0 aliphatic carbocycles. The topological polar surface area (TPSA) is 42.2 Å². The molecule has 0 unspecified atom stereocenters. The molecule has 0 aliphatic rings. The molecule has 0 aliphatic heterocycles. The summed E-state index contributed by atoms with van der Waals surface area (Å²) in [5.41, 5.74) is 0.238. The number of rotatable bonds is 2. The SMILES string of the molecule is O=C(O)c1ccc2ccn(CC(F)(F)F)c2c1. The van der Waals surface area contributed by atoms with Crippen LogP contribution in [0.2, 0.25) is 0 Å². The molecule has 0 atom stereocenters. The number of hydrogen-bond donors (Lipinski definition) is 1. The molecule has 0 fully saturated rings. The molecular weight excluding hydrogens is 235 g/mol. The zero-order chi connectivity index (χ0) is 12.6. The first kappa shape index (κ1) is 11.5. The van der Waals surface area contributed by atoms with Gasteiger partial charge in [0.25, 0.3) is 0 Å². The molecule has 0 saturated heterocycles. The largest absolute Gasteiger partial charge is 0.478 e. The summed E-state index contributed by atoms with van der Waals surface area (Å²) in [6.07, 6.45) is -3.03. The number of carboxylic acid groups (broad SMARTS) is 1. The van der Waals surface area contributed by atoms with Crippen molar-refractivity contribution in [3.63, 3.8) is 0 Å². The Hall–Kier alpha value is -1.98. The van der Waals surface area contributed by atoms with Crippen LogP contribution in [0.4, 0.5) is 13.2 Å². The minimum absolute atomic E-state index is 0.0281. The second-order valence-corrected chi connectivity index (χ2v) is 3.64. The number of carboxylic acids is 1. The van der Waals surface area contributed by atoms with Gasteiger partial charge in [-0.3, -0.25) is 0 Å². The number of benzene rings is 1. The Bertz CT molecular complexity index is 572. The van der Waals surface area contributed by atoms with E-state index in [9.17, 15) is 18.0 Å². The molecule has 90 valence electrons. The van der Waals surface area contributed by atoms with Crippen LogP contribution in [-0.2, 0) is 6.54 Å². The predicted octanol–water partition coefficient (Wildman–Crippen LogP) is 2.90. The van der Waals surface area contributed by atoms with Gasteiger partial charge in [-0.2, -0.15) is 13.2 Å². The van der Waals surface area contributed by atoms with E-state index in [1.807, 2.05) is 0 Å². The first-order valence-corrected chi connectivity index (χ1v) is 4.76. The quantitative estimate of drug-likeness (QED) is 0.881. The number of alkyl halides is 3. The van der Waals surface area contributed by atoms with Crippen LogP contribution < -0.4 is 0 Å². The fourth-order valence-corrected chi connectivity index (χ4v) is 1.65. The number of carbonyl (C=O) groups is 1. The molecular formula is C11H8F3NO2. The van der Waals surface area contributed by atoms with Gasteiger partial charge in [0, 0.05) is 11.7 Å². The van der Waals surface area contributed by atoms with Crippen LogP contribution in [0.25, 0.3) is 10.9 Å². The Morgan fingerprint density at radius 2 is 2.00 bits per heavy atom. The summed E-state index contributed by atoms with van der Waals surface area (Å²) in [4.78, 5) is 10.7. The van der Waals surface area contributed by atoms with Crippen LogP contribution in [0, 0.1) is 0 Å². The summed E-state index contributed by atoms with van der Waals surface area (Å²) >= 11 is 0. The third kappa shape index (κ3) is 2.41. The van der Waals surface area contributed by atoms with E-state index in [1.54, 1.807) is 0 Å². The van der Waals surface area contributed by atoms with E-state index in [4.69, 9.17) is 5.11 Å². The Morgan fingerprint density at radius 3 is 2.59 bits per heavy atom. The zero-order valence-corrected chi connectivity index (χ0v) is 8.53. The lowest BCUT2D eigenvalue weighted by Crippen LogP contribution is -2.16. The lowest BCUT2D eigenvalue weighted by Gasteiger charge is -2.09. The van der Waals surface area contributed by atoms with E-state index in [-0.39, 0.29) is 11.1 Å². The van der Waals surface area contributed by atoms with Gasteiger partial charge in [0.05, 0.1) is 5.56 Å². The van der Waals surface area contributed by atoms with Crippen molar-refractivity contribution >= 4 is 16.9 Å². The van der Waals surface area contributed by atoms with Crippen molar-refractivity contribution in [3.05, 3.63) is 36.0 Å². The third-order valence-corrected chi connectivity index (χ3v) is 2.37. The molecule has 0 radical (unpaired) electrons. The van der Waals surface area contributed by atoms with Crippen molar-refractivity contribution in [2.45, 2.75) is 12.7 Å². The number of fused-ring (bicyclic) bond motifs is 1. The number of hydrogen-bond acceptors (Lipinski definition) is 1. The molecule has 6 heteroatoms. The molecule has 2 rings (SSSR count). The van der Waals surface area contributed by atoms with Gasteiger partial charge >= 0.3 is 12.1 Å². The minimum atomic E-state index is -4.33. The fraction of sp³-hybridized carbons (Fsp3) is 0.182. The van der Waals surface area contributed by atoms with Gasteiger partial charge in [-0.25, -0.2) is 4.79 Å². The highest BCUT2D eigenvalue weighted by Crippen LogP contribution is 2.23. The van der Waals surface area contributed by atoms with E-state index < -0.39 is 18.7 Å². The predicted molar refractivity (Wildman–Crippen MR) is 55.0 cm³/mol. The van der Waals surface area contributed by atoms with E-state index in [0.29, 0.717) is 5.39 Å². The summed E-state index contributed by atoms with van der Waals surface area (Å²) in [5.74, 6) is -1.16. The standard InChI is InChI=1S/C11H8F3NO2/c12-11(13,14)6-15-4-3-7-1-2-8(10(16)17)5-9(7)15/h1-5H,6H2,(H,16,17). The third-order valence-electron chi connectivity index (χ3n) is 2.37. The van der Waals surface area contributed by atoms with Gasteiger partial charge in [-0.1, -0.05) is 6.07 Å². The maximum absolute atomic E-state index is 12.3. The highest BCUT2D eigenvalue weighted by Gasteiger charge is 2.28. The fourth-order valence-electron chi connectivity index (χ4n) is 1.65. The molecule has 0 bridgehead atoms. The highest BCUT2D eigenvalue weighted by atomic mass is 19.4. The average molecular weight is 243 g/mol. The Morgan fingerprint density at radius 1 is 1.29 bits per heavy atom. The number of aromatic nitrogens is 1. The molecule has 0 amide bonds. The number of halogens is 3. The number of nitrogens with zero attached hydrogens (tertiary/aromatic N) is 1. The Balaban J connectivity index is 2.50. The minimum Gasteiger partial charge on any atom is -0.478 e. The lowest BCUT2D eigenvalue weighted by molar-refractivity contribution is -0.139. The first-order chi connectivity index (χ1) is 7.87. The van der Waals surface area contributed by atoms with Crippen LogP contribution in [0.15, 0.2) is 30.5 Å². The van der Waals surface area contributed by atoms with Gasteiger partial charge < -0.3 is 9.67 Å². The second-order valence-electron chi connectivity index (χ2n) is 3.64. The molecule has 1 aromatic heterocycles. The van der Waals surface area contributed by atoms with Gasteiger partial charge in [0.2, 0.25) is 0 Å². The van der Waals surface area contributed by atoms with E-state index in [1.165, 1.54) is 30.5 Å². The van der Waals surface area contributed by atoms with Crippen LogP contribution in [0.3, 0.4) is 0 Å². The van der Waals surface area contributed by atoms with Crippen molar-refractivity contribution in [1.29, 1.82) is 0 Å². The van der Waals surface area contributed by atoms with Gasteiger partial charge in [-0.05, 0) is 23.6 Å². The maximum Gasteiger partial charge on any atom is 0.406 e. The van der Waals surface area contributed by atoms with Crippen molar-refractivity contribution in [2.24, 2.45) is 0 Å². The molecule has 17 heavy (non-hydrogen) atoms. The molecule has 1 aromatic carbocycles. The molecule has 1 heterocycles. The summed E-state index contributed by atoms with van der Waals surface area (Å²) in [6, 6.07) is 5.62. The maximum atomic E-state index is 12.3. The zero-order valence-electron chi connectivity index (χ0n) is 8.53. The van der Waals surface area contributed by atoms with Crippen LogP contribution >= 0.6 is 0 Å². The van der Waals surface area contributed by atoms with E-state index in [2.05, 4.69) is 0 Å². The summed E-state index contributed by atoms with van der Waals surface area (Å²) in [6.45, 7) is -1.13. The molecule has 0 spiro atoms. The lowest BCUT2D eigenvalue weighted by atomic mass is 10.1. The number of aromatic carboxylic acids is 1. The Kier molecular flexibility index (Phi) is 2.57. The molecule has 0 saturated carbocycles. The molecule has 2 aromatic rings. The van der Waals surface area contributed by atoms with E-state index >= 15 is 0 Å². The van der Waals surface area contributed by atoms with Crippen LogP contribution in [0.5, 0.6) is 0 Å². The first-order valence-electron chi connectivity index (χ1n) is 4.76. The Labute approximate surface area is 94.1 Å². The highest BCUT2D eigenvalue weighted by molar-refractivity contribution is 5.93. The van der Waals surface area contributed by atoms with Gasteiger partial charge in [0.15, 0.2) is 0 Å². The molecule has 3 nitrogen and oxygen atoms in total. The average Bonchev–Trinajstić information content (AvgIpc) is 2.58. The second kappa shape index (κ2) is 3.80. The van der Waals surface area contributed by atoms with Crippen molar-refractivity contribution in [3.8, 4) is 0 Å². The van der Waals surface area contributed by atoms with Crippen molar-refractivity contribution in [1.82, 2.24) is 4.57 Å². The van der Waals surface area contributed by atoms with Crippen molar-refractivity contribution in [2.75, 3.05) is 0 Å². The summed E-state index contributed by atoms with van der Waals surface area (Å²) < 4.78 is 37.8. The van der Waals surface area contributed by atoms with Gasteiger partial charge in [-0.15, -0.1) is 0 Å². The summed E-state index contributed by atoms with van der Waals surface area (Å²) in [5, 5.41) is 9.36. The van der Waals surface area contributed by atoms with Crippen molar-refractivity contribution < 1.29 is 23.1 Å². The van der Waals surface area contributed by atoms with Gasteiger partial charge in [0.1, 0.15) is 6.54 Å². The van der Waals surface area contributed by atoms with Crippen LogP contribution in [-0.4, -0.2) is 21.8 Å². The summed E-state index contributed by atoms with van der Waals surface area (Å²) in [7, 11) is 0. The smallest absolute Gasteiger partial charge is 0.406 e. The van der Waals surface area contributed by atoms with E-state index in [0.717, 1.165) is 4.57 Å². The normalized spacial score (nSPS) is 11.9. The van der Waals surface area contributed by atoms with Crippen LogP contribution in [0.1, 0.15) is 10.4 Å².